The molecular formula is C22H26N2O7S. The number of carbonyl (C=O) groups excluding carboxylic acids is 2. The summed E-state index contributed by atoms with van der Waals surface area (Å²) in [6.45, 7) is 0.615. The molecule has 1 fully saturated rings. The molecule has 0 saturated carbocycles. The molecule has 1 aliphatic heterocycles. The van der Waals surface area contributed by atoms with Gasteiger partial charge < -0.3 is 19.1 Å². The fourth-order valence-electron chi connectivity index (χ4n) is 3.53. The van der Waals surface area contributed by atoms with E-state index in [-0.39, 0.29) is 17.2 Å². The molecule has 32 heavy (non-hydrogen) atoms. The molecule has 2 aromatic rings. The normalized spacial score (nSPS) is 14.8. The lowest BCUT2D eigenvalue weighted by atomic mass is 10.0. The van der Waals surface area contributed by atoms with Crippen molar-refractivity contribution in [3.05, 3.63) is 48.0 Å². The van der Waals surface area contributed by atoms with E-state index in [0.29, 0.717) is 35.7 Å². The first-order valence-corrected chi connectivity index (χ1v) is 11.5. The summed E-state index contributed by atoms with van der Waals surface area (Å²) in [6, 6.07) is 10.1. The molecule has 1 heterocycles. The van der Waals surface area contributed by atoms with Crippen molar-refractivity contribution in [2.45, 2.75) is 30.2 Å². The van der Waals surface area contributed by atoms with Crippen LogP contribution in [0.15, 0.2) is 47.4 Å². The lowest BCUT2D eigenvalue weighted by Gasteiger charge is -2.20. The third kappa shape index (κ3) is 5.20. The SMILES string of the molecule is COC(=O)C[C@H](NS(=O)(=O)c1ccc(N2CCCC2=O)cc1)c1ccc(OC)c(OC)c1. The molecule has 1 saturated heterocycles. The van der Waals surface area contributed by atoms with Gasteiger partial charge in [-0.2, -0.15) is 0 Å². The Morgan fingerprint density at radius 1 is 1.06 bits per heavy atom. The Balaban J connectivity index is 1.88. The van der Waals surface area contributed by atoms with Crippen LogP contribution in [0.1, 0.15) is 30.9 Å². The second kappa shape index (κ2) is 10.0. The topological polar surface area (TPSA) is 111 Å². The van der Waals surface area contributed by atoms with Gasteiger partial charge in [-0.1, -0.05) is 6.07 Å². The number of hydrogen-bond acceptors (Lipinski definition) is 7. The number of esters is 1. The zero-order valence-electron chi connectivity index (χ0n) is 18.2. The maximum absolute atomic E-state index is 13.1. The lowest BCUT2D eigenvalue weighted by Crippen LogP contribution is -2.30. The molecule has 0 radical (unpaired) electrons. The summed E-state index contributed by atoms with van der Waals surface area (Å²) < 4.78 is 43.9. The van der Waals surface area contributed by atoms with Gasteiger partial charge >= 0.3 is 5.97 Å². The first-order chi connectivity index (χ1) is 15.3. The van der Waals surface area contributed by atoms with Crippen molar-refractivity contribution in [3.63, 3.8) is 0 Å². The van der Waals surface area contributed by atoms with Gasteiger partial charge in [0, 0.05) is 18.7 Å². The number of amides is 1. The van der Waals surface area contributed by atoms with Gasteiger partial charge in [0.1, 0.15) is 0 Å². The van der Waals surface area contributed by atoms with Crippen LogP contribution in [0.2, 0.25) is 0 Å². The average Bonchev–Trinajstić information content (AvgIpc) is 3.23. The molecule has 0 spiro atoms. The summed E-state index contributed by atoms with van der Waals surface area (Å²) in [5, 5.41) is 0. The minimum Gasteiger partial charge on any atom is -0.493 e. The summed E-state index contributed by atoms with van der Waals surface area (Å²) >= 11 is 0. The van der Waals surface area contributed by atoms with E-state index in [9.17, 15) is 18.0 Å². The van der Waals surface area contributed by atoms with Gasteiger partial charge in [-0.25, -0.2) is 13.1 Å². The maximum atomic E-state index is 13.1. The van der Waals surface area contributed by atoms with Crippen molar-refractivity contribution in [2.24, 2.45) is 0 Å². The molecule has 172 valence electrons. The minimum atomic E-state index is -3.98. The average molecular weight is 463 g/mol. The second-order valence-corrected chi connectivity index (χ2v) is 8.93. The number of nitrogens with one attached hydrogen (secondary N) is 1. The Hall–Kier alpha value is -3.11. The molecule has 1 atom stereocenters. The molecule has 1 N–H and O–H groups in total. The molecule has 0 aromatic heterocycles. The van der Waals surface area contributed by atoms with Crippen LogP contribution in [-0.4, -0.2) is 48.2 Å². The van der Waals surface area contributed by atoms with Crippen molar-refractivity contribution in [1.82, 2.24) is 4.72 Å². The van der Waals surface area contributed by atoms with Crippen LogP contribution in [0, 0.1) is 0 Å². The number of carbonyl (C=O) groups is 2. The van der Waals surface area contributed by atoms with Crippen LogP contribution in [0.4, 0.5) is 5.69 Å². The van der Waals surface area contributed by atoms with E-state index in [1.807, 2.05) is 0 Å². The number of benzene rings is 2. The summed E-state index contributed by atoms with van der Waals surface area (Å²) in [7, 11) is 0.211. The number of sulfonamides is 1. The van der Waals surface area contributed by atoms with Gasteiger partial charge in [-0.3, -0.25) is 9.59 Å². The molecule has 1 amide bonds. The van der Waals surface area contributed by atoms with E-state index < -0.39 is 22.0 Å². The Kier molecular flexibility index (Phi) is 7.37. The fraction of sp³-hybridized carbons (Fsp3) is 0.364. The smallest absolute Gasteiger partial charge is 0.307 e. The molecular weight excluding hydrogens is 436 g/mol. The summed E-state index contributed by atoms with van der Waals surface area (Å²) in [6.07, 6.45) is 1.05. The third-order valence-corrected chi connectivity index (χ3v) is 6.73. The predicted molar refractivity (Wildman–Crippen MR) is 117 cm³/mol. The van der Waals surface area contributed by atoms with Gasteiger partial charge in [0.25, 0.3) is 0 Å². The molecule has 0 bridgehead atoms. The zero-order chi connectivity index (χ0) is 23.3. The quantitative estimate of drug-likeness (QED) is 0.570. The van der Waals surface area contributed by atoms with Crippen LogP contribution < -0.4 is 19.1 Å². The van der Waals surface area contributed by atoms with Crippen LogP contribution in [0.25, 0.3) is 0 Å². The first-order valence-electron chi connectivity index (χ1n) is 10.0. The number of methoxy groups -OCH3 is 3. The lowest BCUT2D eigenvalue weighted by molar-refractivity contribution is -0.141. The van der Waals surface area contributed by atoms with Crippen LogP contribution in [0.3, 0.4) is 0 Å². The minimum absolute atomic E-state index is 0.0169. The van der Waals surface area contributed by atoms with E-state index in [0.717, 1.165) is 6.42 Å². The zero-order valence-corrected chi connectivity index (χ0v) is 19.0. The largest absolute Gasteiger partial charge is 0.493 e. The Morgan fingerprint density at radius 2 is 1.75 bits per heavy atom. The molecule has 3 rings (SSSR count). The first kappa shape index (κ1) is 23.6. The number of rotatable bonds is 9. The Morgan fingerprint density at radius 3 is 2.31 bits per heavy atom. The summed E-state index contributed by atoms with van der Waals surface area (Å²) in [5.41, 5.74) is 1.16. The molecule has 2 aromatic carbocycles. The second-order valence-electron chi connectivity index (χ2n) is 7.21. The van der Waals surface area contributed by atoms with Gasteiger partial charge in [-0.05, 0) is 48.4 Å². The monoisotopic (exact) mass is 462 g/mol. The highest BCUT2D eigenvalue weighted by Crippen LogP contribution is 2.32. The molecule has 9 nitrogen and oxygen atoms in total. The van der Waals surface area contributed by atoms with Crippen molar-refractivity contribution in [1.29, 1.82) is 0 Å². The van der Waals surface area contributed by atoms with Crippen LogP contribution in [-0.2, 0) is 24.3 Å². The summed E-state index contributed by atoms with van der Waals surface area (Å²) in [5.74, 6) is 0.322. The number of nitrogens with zero attached hydrogens (tertiary/aromatic N) is 1. The van der Waals surface area contributed by atoms with E-state index >= 15 is 0 Å². The highest BCUT2D eigenvalue weighted by Gasteiger charge is 2.26. The van der Waals surface area contributed by atoms with Gasteiger partial charge in [0.15, 0.2) is 11.5 Å². The molecule has 1 aliphatic rings. The van der Waals surface area contributed by atoms with Crippen molar-refractivity contribution in [3.8, 4) is 11.5 Å². The number of anilines is 1. The predicted octanol–water partition coefficient (Wildman–Crippen LogP) is 2.41. The molecule has 0 unspecified atom stereocenters. The van der Waals surface area contributed by atoms with Crippen LogP contribution >= 0.6 is 0 Å². The van der Waals surface area contributed by atoms with Crippen molar-refractivity contribution < 1.29 is 32.2 Å². The fourth-order valence-corrected chi connectivity index (χ4v) is 4.75. The molecule has 10 heteroatoms. The standard InChI is InChI=1S/C22H26N2O7S/c1-29-19-11-6-15(13-20(19)30-2)18(14-22(26)31-3)23-32(27,28)17-9-7-16(8-10-17)24-12-4-5-21(24)25/h6-11,13,18,23H,4-5,12,14H2,1-3H3/t18-/m0/s1. The maximum Gasteiger partial charge on any atom is 0.307 e. The highest BCUT2D eigenvalue weighted by atomic mass is 32.2. The Labute approximate surface area is 187 Å². The van der Waals surface area contributed by atoms with Crippen LogP contribution in [0.5, 0.6) is 11.5 Å². The number of hydrogen-bond donors (Lipinski definition) is 1. The Bertz CT molecular complexity index is 1080. The van der Waals surface area contributed by atoms with Crippen molar-refractivity contribution >= 4 is 27.6 Å². The van der Waals surface area contributed by atoms with Crippen molar-refractivity contribution in [2.75, 3.05) is 32.8 Å². The highest BCUT2D eigenvalue weighted by molar-refractivity contribution is 7.89. The van der Waals surface area contributed by atoms with E-state index in [1.54, 1.807) is 35.2 Å². The van der Waals surface area contributed by atoms with Gasteiger partial charge in [0.2, 0.25) is 15.9 Å². The van der Waals surface area contributed by atoms with Gasteiger partial charge in [-0.15, -0.1) is 0 Å². The van der Waals surface area contributed by atoms with E-state index in [1.165, 1.54) is 33.5 Å². The van der Waals surface area contributed by atoms with Gasteiger partial charge in [0.05, 0.1) is 38.7 Å². The number of ether oxygens (including phenoxy) is 3. The van der Waals surface area contributed by atoms with E-state index in [4.69, 9.17) is 14.2 Å². The summed E-state index contributed by atoms with van der Waals surface area (Å²) in [4.78, 5) is 25.5. The molecule has 0 aliphatic carbocycles. The van der Waals surface area contributed by atoms with E-state index in [2.05, 4.69) is 4.72 Å². The third-order valence-electron chi connectivity index (χ3n) is 5.24.